The summed E-state index contributed by atoms with van der Waals surface area (Å²) in [6.07, 6.45) is 1.58. The molecule has 7 nitrogen and oxygen atoms in total. The fraction of sp³-hybridized carbons (Fsp3) is 0.571. The Hall–Kier alpha value is -1.51. The lowest BCUT2D eigenvalue weighted by Crippen LogP contribution is -2.54. The van der Waals surface area contributed by atoms with Gasteiger partial charge in [0, 0.05) is 45.5 Å². The number of carbonyl (C=O) groups is 1. The lowest BCUT2D eigenvalue weighted by molar-refractivity contribution is 0.0688. The molecule has 0 radical (unpaired) electrons. The third kappa shape index (κ3) is 3.45. The predicted molar refractivity (Wildman–Crippen MR) is 83.6 cm³/mol. The van der Waals surface area contributed by atoms with Gasteiger partial charge in [0.05, 0.1) is 0 Å². The Labute approximate surface area is 131 Å². The zero-order chi connectivity index (χ0) is 16.2. The molecule has 8 heteroatoms. The molecule has 0 unspecified atom stereocenters. The Morgan fingerprint density at radius 3 is 2.32 bits per heavy atom. The summed E-state index contributed by atoms with van der Waals surface area (Å²) in [6, 6.07) is 5.19. The number of amides is 1. The smallest absolute Gasteiger partial charge is 0.282 e. The zero-order valence-electron chi connectivity index (χ0n) is 13.0. The topological polar surface area (TPSA) is 73.8 Å². The van der Waals surface area contributed by atoms with Gasteiger partial charge in [-0.05, 0) is 12.1 Å². The first kappa shape index (κ1) is 16.9. The van der Waals surface area contributed by atoms with Gasteiger partial charge in [0.1, 0.15) is 5.69 Å². The number of piperazine rings is 1. The fourth-order valence-corrected chi connectivity index (χ4v) is 4.09. The van der Waals surface area contributed by atoms with Gasteiger partial charge in [-0.1, -0.05) is 19.9 Å². The summed E-state index contributed by atoms with van der Waals surface area (Å²) >= 11 is 0. The molecule has 1 fully saturated rings. The van der Waals surface area contributed by atoms with E-state index in [-0.39, 0.29) is 5.91 Å². The van der Waals surface area contributed by atoms with E-state index >= 15 is 0 Å². The minimum Gasteiger partial charge on any atom is -0.335 e. The van der Waals surface area contributed by atoms with Crippen molar-refractivity contribution in [2.45, 2.75) is 13.8 Å². The Morgan fingerprint density at radius 1 is 1.18 bits per heavy atom. The third-order valence-corrected chi connectivity index (χ3v) is 5.95. The standard InChI is InChI=1S/C14H22N4O3S/c1-3-17(4-2)22(20,21)18-11-9-16(10-12-18)14(19)13-7-5-6-8-15-13/h5-8H,3-4,9-12H2,1-2H3. The number of aromatic nitrogens is 1. The minimum atomic E-state index is -3.42. The van der Waals surface area contributed by atoms with Gasteiger partial charge in [-0.15, -0.1) is 0 Å². The molecule has 0 atom stereocenters. The minimum absolute atomic E-state index is 0.152. The van der Waals surface area contributed by atoms with E-state index in [0.717, 1.165) is 0 Å². The number of rotatable bonds is 5. The lowest BCUT2D eigenvalue weighted by atomic mass is 10.3. The molecule has 22 heavy (non-hydrogen) atoms. The van der Waals surface area contributed by atoms with Crippen molar-refractivity contribution >= 4 is 16.1 Å². The van der Waals surface area contributed by atoms with Gasteiger partial charge in [0.25, 0.3) is 16.1 Å². The summed E-state index contributed by atoms with van der Waals surface area (Å²) < 4.78 is 27.7. The highest BCUT2D eigenvalue weighted by Crippen LogP contribution is 2.13. The summed E-state index contributed by atoms with van der Waals surface area (Å²) in [5.41, 5.74) is 0.391. The average molecular weight is 326 g/mol. The van der Waals surface area contributed by atoms with Crippen LogP contribution in [0.1, 0.15) is 24.3 Å². The van der Waals surface area contributed by atoms with Crippen LogP contribution in [0.5, 0.6) is 0 Å². The summed E-state index contributed by atoms with van der Waals surface area (Å²) in [4.78, 5) is 18.0. The molecule has 122 valence electrons. The van der Waals surface area contributed by atoms with E-state index < -0.39 is 10.2 Å². The van der Waals surface area contributed by atoms with Crippen LogP contribution < -0.4 is 0 Å². The number of nitrogens with zero attached hydrogens (tertiary/aromatic N) is 4. The fourth-order valence-electron chi connectivity index (χ4n) is 2.49. The molecule has 0 spiro atoms. The van der Waals surface area contributed by atoms with Crippen molar-refractivity contribution in [2.24, 2.45) is 0 Å². The molecule has 1 aliphatic heterocycles. The first-order valence-corrected chi connectivity index (χ1v) is 8.86. The summed E-state index contributed by atoms with van der Waals surface area (Å²) in [7, 11) is -3.42. The van der Waals surface area contributed by atoms with Crippen LogP contribution in [-0.4, -0.2) is 72.1 Å². The highest BCUT2D eigenvalue weighted by Gasteiger charge is 2.32. The normalized spacial score (nSPS) is 17.0. The Kier molecular flexibility index (Phi) is 5.49. The molecule has 1 aromatic rings. The maximum atomic E-state index is 12.4. The van der Waals surface area contributed by atoms with E-state index in [2.05, 4.69) is 4.98 Å². The van der Waals surface area contributed by atoms with Gasteiger partial charge in [-0.2, -0.15) is 17.0 Å². The van der Waals surface area contributed by atoms with Crippen LogP contribution in [-0.2, 0) is 10.2 Å². The summed E-state index contributed by atoms with van der Waals surface area (Å²) in [5.74, 6) is -0.152. The molecule has 0 saturated carbocycles. The Balaban J connectivity index is 2.00. The largest absolute Gasteiger partial charge is 0.335 e. The van der Waals surface area contributed by atoms with E-state index in [0.29, 0.717) is 45.0 Å². The van der Waals surface area contributed by atoms with E-state index in [1.54, 1.807) is 29.3 Å². The second-order valence-corrected chi connectivity index (χ2v) is 6.93. The summed E-state index contributed by atoms with van der Waals surface area (Å²) in [6.45, 7) is 5.95. The van der Waals surface area contributed by atoms with E-state index in [4.69, 9.17) is 0 Å². The van der Waals surface area contributed by atoms with Crippen molar-refractivity contribution in [3.05, 3.63) is 30.1 Å². The van der Waals surface area contributed by atoms with E-state index in [1.165, 1.54) is 8.61 Å². The SMILES string of the molecule is CCN(CC)S(=O)(=O)N1CCN(C(=O)c2ccccn2)CC1. The molecular formula is C14H22N4O3S. The molecule has 0 N–H and O–H groups in total. The van der Waals surface area contributed by atoms with Crippen LogP contribution in [0.4, 0.5) is 0 Å². The highest BCUT2D eigenvalue weighted by atomic mass is 32.2. The van der Waals surface area contributed by atoms with Crippen LogP contribution in [0.2, 0.25) is 0 Å². The first-order valence-electron chi connectivity index (χ1n) is 7.46. The van der Waals surface area contributed by atoms with Gasteiger partial charge in [-0.25, -0.2) is 0 Å². The summed E-state index contributed by atoms with van der Waals surface area (Å²) in [5, 5.41) is 0. The predicted octanol–water partition coefficient (Wildman–Crippen LogP) is 0.426. The molecule has 1 aliphatic rings. The van der Waals surface area contributed by atoms with Crippen molar-refractivity contribution < 1.29 is 13.2 Å². The monoisotopic (exact) mass is 326 g/mol. The Morgan fingerprint density at radius 2 is 1.82 bits per heavy atom. The second kappa shape index (κ2) is 7.17. The number of hydrogen-bond donors (Lipinski definition) is 0. The van der Waals surface area contributed by atoms with Crippen molar-refractivity contribution in [1.82, 2.24) is 18.5 Å². The van der Waals surface area contributed by atoms with Crippen LogP contribution in [0.25, 0.3) is 0 Å². The van der Waals surface area contributed by atoms with Crippen molar-refractivity contribution in [2.75, 3.05) is 39.3 Å². The van der Waals surface area contributed by atoms with Crippen molar-refractivity contribution in [1.29, 1.82) is 0 Å². The van der Waals surface area contributed by atoms with Gasteiger partial charge >= 0.3 is 0 Å². The number of hydrogen-bond acceptors (Lipinski definition) is 4. The van der Waals surface area contributed by atoms with E-state index in [9.17, 15) is 13.2 Å². The molecular weight excluding hydrogens is 304 g/mol. The van der Waals surface area contributed by atoms with Gasteiger partial charge in [0.15, 0.2) is 0 Å². The van der Waals surface area contributed by atoms with Gasteiger partial charge in [0.2, 0.25) is 0 Å². The zero-order valence-corrected chi connectivity index (χ0v) is 13.8. The van der Waals surface area contributed by atoms with Crippen LogP contribution >= 0.6 is 0 Å². The third-order valence-electron chi connectivity index (χ3n) is 3.77. The van der Waals surface area contributed by atoms with Gasteiger partial charge in [-0.3, -0.25) is 9.78 Å². The van der Waals surface area contributed by atoms with Crippen LogP contribution in [0.15, 0.2) is 24.4 Å². The molecule has 2 rings (SSSR count). The molecule has 0 bridgehead atoms. The van der Waals surface area contributed by atoms with E-state index in [1.807, 2.05) is 13.8 Å². The first-order chi connectivity index (χ1) is 10.5. The van der Waals surface area contributed by atoms with Crippen molar-refractivity contribution in [3.63, 3.8) is 0 Å². The quantitative estimate of drug-likeness (QED) is 0.786. The van der Waals surface area contributed by atoms with Gasteiger partial charge < -0.3 is 4.90 Å². The van der Waals surface area contributed by atoms with Crippen LogP contribution in [0, 0.1) is 0 Å². The maximum absolute atomic E-state index is 12.4. The van der Waals surface area contributed by atoms with Crippen LogP contribution in [0.3, 0.4) is 0 Å². The molecule has 1 saturated heterocycles. The number of pyridine rings is 1. The molecule has 0 aromatic carbocycles. The highest BCUT2D eigenvalue weighted by molar-refractivity contribution is 7.86. The van der Waals surface area contributed by atoms with Crippen molar-refractivity contribution in [3.8, 4) is 0 Å². The molecule has 2 heterocycles. The molecule has 1 aromatic heterocycles. The molecule has 0 aliphatic carbocycles. The average Bonchev–Trinajstić information content (AvgIpc) is 2.56. The Bertz CT molecular complexity index is 594. The molecule has 1 amide bonds. The second-order valence-electron chi connectivity index (χ2n) is 5.00. The lowest BCUT2D eigenvalue weighted by Gasteiger charge is -2.36. The maximum Gasteiger partial charge on any atom is 0.282 e. The number of carbonyl (C=O) groups excluding carboxylic acids is 1.